The standard InChI is InChI=1S/C26H34N2O4S/c1-32-19-7-8-24-22(16-19)21(10-12-27-24)25(29)9-6-18-11-13-28(17-23(18)26(30)31)14-15-33-20-4-2-3-5-20/h7-8,10,12,16,18,20,23H,2-6,9,11,13-15,17H2,1H3,(H,30,31)/t18-,23+/m0/s1. The summed E-state index contributed by atoms with van der Waals surface area (Å²) >= 11 is 2.06. The molecular formula is C26H34N2O4S. The van der Waals surface area contributed by atoms with Crippen molar-refractivity contribution in [2.45, 2.75) is 50.2 Å². The van der Waals surface area contributed by atoms with Gasteiger partial charge in [0.25, 0.3) is 0 Å². The number of carbonyl (C=O) groups excluding carboxylic acids is 1. The molecule has 1 aromatic heterocycles. The number of piperidine rings is 1. The molecule has 1 aliphatic carbocycles. The number of carboxylic acid groups (broad SMARTS) is 1. The Balaban J connectivity index is 1.33. The minimum Gasteiger partial charge on any atom is -0.497 e. The number of pyridine rings is 1. The molecule has 178 valence electrons. The van der Waals surface area contributed by atoms with Crippen LogP contribution in [0.5, 0.6) is 5.75 Å². The van der Waals surface area contributed by atoms with Crippen LogP contribution in [0.3, 0.4) is 0 Å². The van der Waals surface area contributed by atoms with Crippen LogP contribution < -0.4 is 4.74 Å². The molecule has 0 amide bonds. The van der Waals surface area contributed by atoms with Crippen LogP contribution in [0.1, 0.15) is 55.3 Å². The van der Waals surface area contributed by atoms with E-state index in [-0.39, 0.29) is 11.7 Å². The number of nitrogens with zero attached hydrogens (tertiary/aromatic N) is 2. The molecule has 1 aliphatic heterocycles. The van der Waals surface area contributed by atoms with E-state index >= 15 is 0 Å². The summed E-state index contributed by atoms with van der Waals surface area (Å²) in [6.45, 7) is 2.47. The fourth-order valence-electron chi connectivity index (χ4n) is 5.25. The van der Waals surface area contributed by atoms with Crippen LogP contribution in [0.4, 0.5) is 0 Å². The number of rotatable bonds is 10. The number of aromatic nitrogens is 1. The molecule has 0 spiro atoms. The molecule has 7 heteroatoms. The number of carbonyl (C=O) groups is 2. The molecule has 2 aromatic rings. The Bertz CT molecular complexity index is 976. The molecule has 2 aliphatic rings. The fraction of sp³-hybridized carbons (Fsp3) is 0.577. The van der Waals surface area contributed by atoms with E-state index in [1.54, 1.807) is 19.4 Å². The van der Waals surface area contributed by atoms with E-state index in [2.05, 4.69) is 21.6 Å². The maximum Gasteiger partial charge on any atom is 0.308 e. The monoisotopic (exact) mass is 470 g/mol. The van der Waals surface area contributed by atoms with Crippen LogP contribution in [0.15, 0.2) is 30.5 Å². The highest BCUT2D eigenvalue weighted by Crippen LogP contribution is 2.32. The van der Waals surface area contributed by atoms with E-state index in [9.17, 15) is 14.7 Å². The highest BCUT2D eigenvalue weighted by atomic mass is 32.2. The van der Waals surface area contributed by atoms with Gasteiger partial charge in [-0.15, -0.1) is 0 Å². The summed E-state index contributed by atoms with van der Waals surface area (Å²) in [6.07, 6.45) is 8.82. The van der Waals surface area contributed by atoms with Crippen molar-refractivity contribution in [1.29, 1.82) is 0 Å². The predicted molar refractivity (Wildman–Crippen MR) is 132 cm³/mol. The van der Waals surface area contributed by atoms with Crippen molar-refractivity contribution in [2.24, 2.45) is 11.8 Å². The molecule has 1 aromatic carbocycles. The van der Waals surface area contributed by atoms with Gasteiger partial charge in [0.2, 0.25) is 0 Å². The average molecular weight is 471 g/mol. The Morgan fingerprint density at radius 1 is 1.21 bits per heavy atom. The van der Waals surface area contributed by atoms with Crippen LogP contribution in [-0.2, 0) is 4.79 Å². The molecule has 0 bridgehead atoms. The quantitative estimate of drug-likeness (QED) is 0.495. The molecule has 1 N–H and O–H groups in total. The van der Waals surface area contributed by atoms with E-state index in [1.165, 1.54) is 25.7 Å². The van der Waals surface area contributed by atoms with E-state index < -0.39 is 11.9 Å². The number of Topliss-reactive ketones (excluding diaryl/α,β-unsaturated/α-hetero) is 1. The third kappa shape index (κ3) is 6.07. The van der Waals surface area contributed by atoms with Crippen LogP contribution in [0, 0.1) is 11.8 Å². The van der Waals surface area contributed by atoms with Gasteiger partial charge in [-0.3, -0.25) is 14.6 Å². The maximum atomic E-state index is 13.1. The molecule has 0 unspecified atom stereocenters. The van der Waals surface area contributed by atoms with Gasteiger partial charge in [0.1, 0.15) is 5.75 Å². The molecule has 2 heterocycles. The van der Waals surface area contributed by atoms with Gasteiger partial charge in [-0.2, -0.15) is 11.8 Å². The number of ether oxygens (including phenoxy) is 1. The van der Waals surface area contributed by atoms with E-state index in [0.29, 0.717) is 30.7 Å². The Hall–Kier alpha value is -2.12. The maximum absolute atomic E-state index is 13.1. The summed E-state index contributed by atoms with van der Waals surface area (Å²) in [6, 6.07) is 7.29. The van der Waals surface area contributed by atoms with Gasteiger partial charge in [-0.1, -0.05) is 12.8 Å². The topological polar surface area (TPSA) is 79.7 Å². The van der Waals surface area contributed by atoms with E-state index in [0.717, 1.165) is 41.4 Å². The third-order valence-corrected chi connectivity index (χ3v) is 8.57. The van der Waals surface area contributed by atoms with Gasteiger partial charge in [-0.25, -0.2) is 0 Å². The summed E-state index contributed by atoms with van der Waals surface area (Å²) < 4.78 is 5.31. The number of methoxy groups -OCH3 is 1. The zero-order chi connectivity index (χ0) is 23.2. The molecule has 2 fully saturated rings. The largest absolute Gasteiger partial charge is 0.497 e. The Kier molecular flexibility index (Phi) is 8.25. The number of ketones is 1. The van der Waals surface area contributed by atoms with Gasteiger partial charge in [0.15, 0.2) is 5.78 Å². The van der Waals surface area contributed by atoms with Crippen molar-refractivity contribution in [3.63, 3.8) is 0 Å². The number of thioether (sulfide) groups is 1. The second-order valence-electron chi connectivity index (χ2n) is 9.27. The zero-order valence-electron chi connectivity index (χ0n) is 19.4. The second-order valence-corrected chi connectivity index (χ2v) is 10.7. The van der Waals surface area contributed by atoms with E-state index in [1.807, 2.05) is 18.2 Å². The van der Waals surface area contributed by atoms with Crippen molar-refractivity contribution < 1.29 is 19.4 Å². The number of carboxylic acids is 1. The molecule has 4 rings (SSSR count). The molecule has 1 saturated carbocycles. The van der Waals surface area contributed by atoms with Gasteiger partial charge in [-0.05, 0) is 62.4 Å². The van der Waals surface area contributed by atoms with Crippen LogP contribution >= 0.6 is 11.8 Å². The normalized spacial score (nSPS) is 22.0. The number of hydrogen-bond acceptors (Lipinski definition) is 6. The van der Waals surface area contributed by atoms with Gasteiger partial charge < -0.3 is 14.7 Å². The van der Waals surface area contributed by atoms with Gasteiger partial charge in [0, 0.05) is 47.7 Å². The lowest BCUT2D eigenvalue weighted by atomic mass is 9.81. The molecule has 1 saturated heterocycles. The number of fused-ring (bicyclic) bond motifs is 1. The Morgan fingerprint density at radius 3 is 2.79 bits per heavy atom. The lowest BCUT2D eigenvalue weighted by molar-refractivity contribution is -0.146. The Morgan fingerprint density at radius 2 is 2.03 bits per heavy atom. The summed E-state index contributed by atoms with van der Waals surface area (Å²) in [5.74, 6) is 0.701. The molecule has 0 radical (unpaired) electrons. The van der Waals surface area contributed by atoms with Crippen LogP contribution in [0.2, 0.25) is 0 Å². The minimum atomic E-state index is -0.736. The fourth-order valence-corrected chi connectivity index (χ4v) is 6.61. The number of benzene rings is 1. The smallest absolute Gasteiger partial charge is 0.308 e. The zero-order valence-corrected chi connectivity index (χ0v) is 20.2. The first-order valence-corrected chi connectivity index (χ1v) is 13.1. The van der Waals surface area contributed by atoms with Crippen molar-refractivity contribution in [3.8, 4) is 5.75 Å². The lowest BCUT2D eigenvalue weighted by Gasteiger charge is -2.36. The molecular weight excluding hydrogens is 436 g/mol. The summed E-state index contributed by atoms with van der Waals surface area (Å²) in [4.78, 5) is 31.8. The summed E-state index contributed by atoms with van der Waals surface area (Å²) in [5.41, 5.74) is 1.39. The first kappa shape index (κ1) is 24.0. The van der Waals surface area contributed by atoms with Gasteiger partial charge >= 0.3 is 5.97 Å². The highest BCUT2D eigenvalue weighted by Gasteiger charge is 2.34. The number of hydrogen-bond donors (Lipinski definition) is 1. The average Bonchev–Trinajstić information content (AvgIpc) is 3.35. The van der Waals surface area contributed by atoms with Crippen LogP contribution in [0.25, 0.3) is 10.9 Å². The van der Waals surface area contributed by atoms with Crippen molar-refractivity contribution in [3.05, 3.63) is 36.0 Å². The van der Waals surface area contributed by atoms with Gasteiger partial charge in [0.05, 0.1) is 18.5 Å². The molecule has 6 nitrogen and oxygen atoms in total. The van der Waals surface area contributed by atoms with E-state index in [4.69, 9.17) is 4.74 Å². The summed E-state index contributed by atoms with van der Waals surface area (Å²) in [5, 5.41) is 11.4. The molecule has 33 heavy (non-hydrogen) atoms. The van der Waals surface area contributed by atoms with Crippen LogP contribution in [-0.4, -0.2) is 64.5 Å². The second kappa shape index (κ2) is 11.3. The van der Waals surface area contributed by atoms with Crippen molar-refractivity contribution in [2.75, 3.05) is 32.5 Å². The number of likely N-dealkylation sites (tertiary alicyclic amines) is 1. The minimum absolute atomic E-state index is 0.0350. The predicted octanol–water partition coefficient (Wildman–Crippen LogP) is 4.90. The lowest BCUT2D eigenvalue weighted by Crippen LogP contribution is -2.44. The Labute approximate surface area is 200 Å². The van der Waals surface area contributed by atoms with Crippen molar-refractivity contribution >= 4 is 34.4 Å². The third-order valence-electron chi connectivity index (χ3n) is 7.21. The number of aliphatic carboxylic acids is 1. The SMILES string of the molecule is COc1ccc2nccc(C(=O)CC[C@H]3CCN(CCSC4CCCC4)C[C@H]3C(=O)O)c2c1. The summed E-state index contributed by atoms with van der Waals surface area (Å²) in [7, 11) is 1.60. The van der Waals surface area contributed by atoms with Crippen molar-refractivity contribution in [1.82, 2.24) is 9.88 Å². The highest BCUT2D eigenvalue weighted by molar-refractivity contribution is 7.99. The first-order valence-electron chi connectivity index (χ1n) is 12.1. The molecule has 2 atom stereocenters. The first-order chi connectivity index (χ1) is 16.0.